The van der Waals surface area contributed by atoms with Crippen LogP contribution in [0.5, 0.6) is 5.75 Å². The summed E-state index contributed by atoms with van der Waals surface area (Å²) < 4.78 is 5.11. The summed E-state index contributed by atoms with van der Waals surface area (Å²) in [6.45, 7) is 3.90. The molecule has 7 heteroatoms. The number of benzene rings is 1. The van der Waals surface area contributed by atoms with E-state index in [4.69, 9.17) is 4.74 Å². The van der Waals surface area contributed by atoms with Crippen molar-refractivity contribution in [1.82, 2.24) is 16.0 Å². The van der Waals surface area contributed by atoms with E-state index in [2.05, 4.69) is 16.0 Å². The molecule has 0 saturated carbocycles. The first kappa shape index (κ1) is 21.5. The van der Waals surface area contributed by atoms with E-state index in [1.54, 1.807) is 31.4 Å². The summed E-state index contributed by atoms with van der Waals surface area (Å²) in [5.74, 6) is 0.371. The normalized spacial score (nSPS) is 24.7. The van der Waals surface area contributed by atoms with Gasteiger partial charge in [-0.3, -0.25) is 9.59 Å². The lowest BCUT2D eigenvalue weighted by Gasteiger charge is -2.31. The average molecular weight is 396 g/mol. The first-order valence-corrected chi connectivity index (χ1v) is 9.47. The van der Waals surface area contributed by atoms with E-state index in [9.17, 15) is 9.59 Å². The summed E-state index contributed by atoms with van der Waals surface area (Å²) in [6.07, 6.45) is 4.33. The van der Waals surface area contributed by atoms with Crippen molar-refractivity contribution in [2.75, 3.05) is 7.11 Å². The van der Waals surface area contributed by atoms with Gasteiger partial charge in [0.25, 0.3) is 5.91 Å². The molecule has 150 valence electrons. The molecule has 0 aliphatic carbocycles. The molecule has 0 radical (unpaired) electrons. The van der Waals surface area contributed by atoms with Gasteiger partial charge in [-0.2, -0.15) is 0 Å². The van der Waals surface area contributed by atoms with Crippen molar-refractivity contribution in [3.63, 3.8) is 0 Å². The Kier molecular flexibility index (Phi) is 7.50. The Hall–Kier alpha value is -1.79. The monoisotopic (exact) mass is 395 g/mol. The van der Waals surface area contributed by atoms with Crippen LogP contribution in [0.15, 0.2) is 24.3 Å². The zero-order chi connectivity index (χ0) is 18.7. The highest BCUT2D eigenvalue weighted by Crippen LogP contribution is 2.26. The van der Waals surface area contributed by atoms with Crippen LogP contribution in [0.25, 0.3) is 0 Å². The van der Waals surface area contributed by atoms with E-state index in [1.165, 1.54) is 12.8 Å². The standard InChI is InChI=1S/C20H29N3O3.ClH/c1-12(2)18(23-19(24)13-4-8-17(26-3)9-5-13)20(25)22-16-10-14-6-7-15(11-16)21-14;/h4-5,8-9,12,14-16,18,21H,6-7,10-11H2,1-3H3,(H,22,25)(H,23,24);1H. The van der Waals surface area contributed by atoms with Crippen LogP contribution in [0.4, 0.5) is 0 Å². The molecule has 1 aromatic carbocycles. The predicted octanol–water partition coefficient (Wildman–Crippen LogP) is 2.27. The van der Waals surface area contributed by atoms with E-state index >= 15 is 0 Å². The Morgan fingerprint density at radius 2 is 1.70 bits per heavy atom. The number of ether oxygens (including phenoxy) is 1. The number of hydrogen-bond acceptors (Lipinski definition) is 4. The maximum absolute atomic E-state index is 12.8. The fourth-order valence-corrected chi connectivity index (χ4v) is 3.97. The number of nitrogens with one attached hydrogen (secondary N) is 3. The van der Waals surface area contributed by atoms with Gasteiger partial charge in [-0.15, -0.1) is 12.4 Å². The maximum Gasteiger partial charge on any atom is 0.251 e. The van der Waals surface area contributed by atoms with E-state index < -0.39 is 6.04 Å². The minimum Gasteiger partial charge on any atom is -0.497 e. The van der Waals surface area contributed by atoms with E-state index in [-0.39, 0.29) is 36.2 Å². The van der Waals surface area contributed by atoms with Gasteiger partial charge < -0.3 is 20.7 Å². The van der Waals surface area contributed by atoms with Gasteiger partial charge in [0, 0.05) is 23.7 Å². The molecule has 27 heavy (non-hydrogen) atoms. The quantitative estimate of drug-likeness (QED) is 0.690. The predicted molar refractivity (Wildman–Crippen MR) is 107 cm³/mol. The average Bonchev–Trinajstić information content (AvgIpc) is 2.97. The summed E-state index contributed by atoms with van der Waals surface area (Å²) >= 11 is 0. The summed E-state index contributed by atoms with van der Waals surface area (Å²) in [5.41, 5.74) is 0.518. The molecule has 3 rings (SSSR count). The molecule has 3 unspecified atom stereocenters. The zero-order valence-corrected chi connectivity index (χ0v) is 17.0. The summed E-state index contributed by atoms with van der Waals surface area (Å²) in [7, 11) is 1.58. The minimum atomic E-state index is -0.544. The molecule has 2 heterocycles. The van der Waals surface area contributed by atoms with Gasteiger partial charge in [0.15, 0.2) is 0 Å². The van der Waals surface area contributed by atoms with Crippen LogP contribution in [0.1, 0.15) is 49.9 Å². The number of carbonyl (C=O) groups excluding carboxylic acids is 2. The highest BCUT2D eigenvalue weighted by Gasteiger charge is 2.35. The van der Waals surface area contributed by atoms with Gasteiger partial charge >= 0.3 is 0 Å². The Bertz CT molecular complexity index is 638. The van der Waals surface area contributed by atoms with E-state index in [0.29, 0.717) is 23.4 Å². The molecule has 3 atom stereocenters. The molecule has 2 amide bonds. The van der Waals surface area contributed by atoms with Gasteiger partial charge in [0.1, 0.15) is 11.8 Å². The lowest BCUT2D eigenvalue weighted by Crippen LogP contribution is -2.55. The largest absolute Gasteiger partial charge is 0.497 e. The molecular formula is C20H30ClN3O3. The molecular weight excluding hydrogens is 366 g/mol. The second-order valence-electron chi connectivity index (χ2n) is 7.74. The number of fused-ring (bicyclic) bond motifs is 2. The molecule has 2 aliphatic heterocycles. The molecule has 6 nitrogen and oxygen atoms in total. The number of methoxy groups -OCH3 is 1. The Balaban J connectivity index is 0.00000261. The van der Waals surface area contributed by atoms with Crippen LogP contribution in [-0.4, -0.2) is 43.1 Å². The van der Waals surface area contributed by atoms with Crippen LogP contribution >= 0.6 is 12.4 Å². The molecule has 2 bridgehead atoms. The van der Waals surface area contributed by atoms with Gasteiger partial charge in [-0.05, 0) is 55.9 Å². The van der Waals surface area contributed by atoms with Crippen LogP contribution in [0.3, 0.4) is 0 Å². The molecule has 1 aromatic rings. The summed E-state index contributed by atoms with van der Waals surface area (Å²) in [5, 5.41) is 9.63. The molecule has 2 saturated heterocycles. The lowest BCUT2D eigenvalue weighted by molar-refractivity contribution is -0.124. The highest BCUT2D eigenvalue weighted by atomic mass is 35.5. The molecule has 3 N–H and O–H groups in total. The van der Waals surface area contributed by atoms with Crippen molar-refractivity contribution in [2.24, 2.45) is 5.92 Å². The van der Waals surface area contributed by atoms with Crippen LogP contribution in [0, 0.1) is 5.92 Å². The molecule has 2 aliphatic rings. The van der Waals surface area contributed by atoms with Crippen LogP contribution in [0.2, 0.25) is 0 Å². The first-order chi connectivity index (χ1) is 12.5. The van der Waals surface area contributed by atoms with Crippen molar-refractivity contribution < 1.29 is 14.3 Å². The van der Waals surface area contributed by atoms with Gasteiger partial charge in [0.05, 0.1) is 7.11 Å². The van der Waals surface area contributed by atoms with Gasteiger partial charge in [0.2, 0.25) is 5.91 Å². The fourth-order valence-electron chi connectivity index (χ4n) is 3.97. The second kappa shape index (κ2) is 9.42. The molecule has 0 spiro atoms. The number of rotatable bonds is 6. The second-order valence-corrected chi connectivity index (χ2v) is 7.74. The number of carbonyl (C=O) groups is 2. The minimum absolute atomic E-state index is 0. The topological polar surface area (TPSA) is 79.5 Å². The fraction of sp³-hybridized carbons (Fsp3) is 0.600. The Morgan fingerprint density at radius 1 is 1.11 bits per heavy atom. The van der Waals surface area contributed by atoms with Crippen LogP contribution in [-0.2, 0) is 4.79 Å². The van der Waals surface area contributed by atoms with E-state index in [1.807, 2.05) is 13.8 Å². The lowest BCUT2D eigenvalue weighted by atomic mass is 9.97. The molecule has 2 fully saturated rings. The van der Waals surface area contributed by atoms with Crippen molar-refractivity contribution >= 4 is 24.2 Å². The van der Waals surface area contributed by atoms with Gasteiger partial charge in [-0.1, -0.05) is 13.8 Å². The molecule has 0 aromatic heterocycles. The van der Waals surface area contributed by atoms with Crippen molar-refractivity contribution in [1.29, 1.82) is 0 Å². The number of hydrogen-bond donors (Lipinski definition) is 3. The van der Waals surface area contributed by atoms with Crippen molar-refractivity contribution in [3.8, 4) is 5.75 Å². The SMILES string of the molecule is COc1ccc(C(=O)NC(C(=O)NC2CC3CCC(C2)N3)C(C)C)cc1.Cl. The summed E-state index contributed by atoms with van der Waals surface area (Å²) in [6, 6.07) is 7.57. The van der Waals surface area contributed by atoms with Crippen molar-refractivity contribution in [2.45, 2.75) is 63.7 Å². The highest BCUT2D eigenvalue weighted by molar-refractivity contribution is 5.97. The third-order valence-electron chi connectivity index (χ3n) is 5.41. The van der Waals surface area contributed by atoms with Crippen molar-refractivity contribution in [3.05, 3.63) is 29.8 Å². The Labute approximate surface area is 167 Å². The zero-order valence-electron chi connectivity index (χ0n) is 16.2. The third kappa shape index (κ3) is 5.36. The Morgan fingerprint density at radius 3 is 2.22 bits per heavy atom. The number of amides is 2. The smallest absolute Gasteiger partial charge is 0.251 e. The van der Waals surface area contributed by atoms with Gasteiger partial charge in [-0.25, -0.2) is 0 Å². The summed E-state index contributed by atoms with van der Waals surface area (Å²) in [4.78, 5) is 25.3. The third-order valence-corrected chi connectivity index (χ3v) is 5.41. The number of piperidine rings is 1. The van der Waals surface area contributed by atoms with E-state index in [0.717, 1.165) is 12.8 Å². The number of halogens is 1. The maximum atomic E-state index is 12.8. The first-order valence-electron chi connectivity index (χ1n) is 9.47. The van der Waals surface area contributed by atoms with Crippen LogP contribution < -0.4 is 20.7 Å².